The average Bonchev–Trinajstić information content (AvgIpc) is 3.00. The highest BCUT2D eigenvalue weighted by atomic mass is 16.5. The summed E-state index contributed by atoms with van der Waals surface area (Å²) in [6, 6.07) is 0. The molecule has 0 N–H and O–H groups in total. The summed E-state index contributed by atoms with van der Waals surface area (Å²) in [7, 11) is 0. The van der Waals surface area contributed by atoms with Crippen molar-refractivity contribution < 1.29 is 14.3 Å². The molecule has 1 fully saturated rings. The van der Waals surface area contributed by atoms with Crippen molar-refractivity contribution in [2.75, 3.05) is 0 Å². The Hall–Kier alpha value is -1.38. The first-order valence-corrected chi connectivity index (χ1v) is 11.9. The summed E-state index contributed by atoms with van der Waals surface area (Å²) in [5.41, 5.74) is 1.87. The lowest BCUT2D eigenvalue weighted by molar-refractivity contribution is -0.141. The summed E-state index contributed by atoms with van der Waals surface area (Å²) in [6.07, 6.45) is 11.4. The highest BCUT2D eigenvalue weighted by molar-refractivity contribution is 6.03. The van der Waals surface area contributed by atoms with E-state index in [0.717, 1.165) is 36.9 Å². The van der Waals surface area contributed by atoms with Crippen molar-refractivity contribution in [1.29, 1.82) is 0 Å². The molecule has 1 aliphatic heterocycles. The molecule has 3 heteroatoms. The zero-order valence-electron chi connectivity index (χ0n) is 19.0. The second-order valence-corrected chi connectivity index (χ2v) is 11.1. The molecule has 160 valence electrons. The average molecular weight is 399 g/mol. The highest BCUT2D eigenvalue weighted by Gasteiger charge is 2.57. The van der Waals surface area contributed by atoms with Crippen LogP contribution in [0.5, 0.6) is 0 Å². The molecule has 3 aliphatic carbocycles. The van der Waals surface area contributed by atoms with E-state index in [4.69, 9.17) is 4.74 Å². The van der Waals surface area contributed by atoms with Crippen molar-refractivity contribution in [1.82, 2.24) is 0 Å². The van der Waals surface area contributed by atoms with Crippen molar-refractivity contribution in [2.45, 2.75) is 92.4 Å². The number of rotatable bonds is 5. The van der Waals surface area contributed by atoms with Gasteiger partial charge in [0.2, 0.25) is 0 Å². The van der Waals surface area contributed by atoms with Crippen LogP contribution in [-0.4, -0.2) is 11.8 Å². The Morgan fingerprint density at radius 3 is 2.55 bits per heavy atom. The van der Waals surface area contributed by atoms with Gasteiger partial charge in [-0.3, -0.25) is 4.79 Å². The number of esters is 1. The van der Waals surface area contributed by atoms with E-state index in [0.29, 0.717) is 23.8 Å². The normalized spacial score (nSPS) is 37.7. The summed E-state index contributed by atoms with van der Waals surface area (Å²) in [5, 5.41) is 0. The van der Waals surface area contributed by atoms with Crippen LogP contribution in [-0.2, 0) is 14.3 Å². The Balaban J connectivity index is 1.60. The number of hydrogen-bond donors (Lipinski definition) is 0. The predicted molar refractivity (Wildman–Crippen MR) is 115 cm³/mol. The fraction of sp³-hybridized carbons (Fsp3) is 0.769. The smallest absolute Gasteiger partial charge is 0.340 e. The molecular weight excluding hydrogens is 360 g/mol. The zero-order chi connectivity index (χ0) is 21.0. The molecule has 0 spiro atoms. The third-order valence-electron chi connectivity index (χ3n) is 8.92. The Morgan fingerprint density at radius 2 is 1.83 bits per heavy atom. The van der Waals surface area contributed by atoms with Crippen LogP contribution in [0, 0.1) is 34.5 Å². The standard InChI is InChI=1S/C26H38O3/c1-16(2)7-6-8-17(3)19-9-10-20-23-21(12-14-25(19,20)4)26(5)13-11-18(27)15-22(26)24(28)29-23/h15-17,19-20H,6-14H2,1-5H3/t17-,19-,20+,25-,26-/m1/s1. The summed E-state index contributed by atoms with van der Waals surface area (Å²) in [6.45, 7) is 11.7. The SMILES string of the molecule is CC(C)CCC[C@@H](C)[C@H]1CC[C@H]2C3=C(CC[C@]12C)[C@@]1(C)CCC(=O)C=C1C(=O)O3. The molecule has 0 bridgehead atoms. The van der Waals surface area contributed by atoms with E-state index in [-0.39, 0.29) is 22.6 Å². The second kappa shape index (κ2) is 7.39. The lowest BCUT2D eigenvalue weighted by atomic mass is 9.57. The van der Waals surface area contributed by atoms with Crippen LogP contribution in [0.3, 0.4) is 0 Å². The molecule has 0 aromatic carbocycles. The molecule has 5 atom stereocenters. The minimum atomic E-state index is -0.291. The molecule has 1 heterocycles. The van der Waals surface area contributed by atoms with Crippen LogP contribution >= 0.6 is 0 Å². The van der Waals surface area contributed by atoms with Crippen LogP contribution in [0.2, 0.25) is 0 Å². The van der Waals surface area contributed by atoms with Crippen LogP contribution in [0.4, 0.5) is 0 Å². The first kappa shape index (κ1) is 20.9. The van der Waals surface area contributed by atoms with Gasteiger partial charge < -0.3 is 4.74 Å². The molecule has 4 rings (SSSR count). The van der Waals surface area contributed by atoms with Crippen molar-refractivity contribution in [2.24, 2.45) is 34.5 Å². The van der Waals surface area contributed by atoms with E-state index in [9.17, 15) is 9.59 Å². The van der Waals surface area contributed by atoms with Gasteiger partial charge in [0.05, 0.1) is 5.57 Å². The summed E-state index contributed by atoms with van der Waals surface area (Å²) >= 11 is 0. The quantitative estimate of drug-likeness (QED) is 0.505. The van der Waals surface area contributed by atoms with Gasteiger partial charge in [-0.2, -0.15) is 0 Å². The van der Waals surface area contributed by atoms with Gasteiger partial charge in [0, 0.05) is 17.8 Å². The summed E-state index contributed by atoms with van der Waals surface area (Å²) in [4.78, 5) is 24.8. The molecule has 0 amide bonds. The minimum absolute atomic E-state index is 0.0651. The topological polar surface area (TPSA) is 43.4 Å². The number of fused-ring (bicyclic) bond motifs is 4. The first-order valence-electron chi connectivity index (χ1n) is 11.9. The van der Waals surface area contributed by atoms with Crippen molar-refractivity contribution >= 4 is 11.8 Å². The molecular formula is C26H38O3. The van der Waals surface area contributed by atoms with Gasteiger partial charge in [-0.05, 0) is 66.9 Å². The van der Waals surface area contributed by atoms with E-state index in [1.54, 1.807) is 6.08 Å². The van der Waals surface area contributed by atoms with E-state index < -0.39 is 0 Å². The lowest BCUT2D eigenvalue weighted by Crippen LogP contribution is -2.44. The Kier molecular flexibility index (Phi) is 5.32. The summed E-state index contributed by atoms with van der Waals surface area (Å²) < 4.78 is 6.01. The van der Waals surface area contributed by atoms with Crippen molar-refractivity contribution in [3.8, 4) is 0 Å². The maximum atomic E-state index is 12.9. The van der Waals surface area contributed by atoms with Crippen LogP contribution in [0.25, 0.3) is 0 Å². The Labute approximate surface area is 176 Å². The maximum Gasteiger partial charge on any atom is 0.340 e. The van der Waals surface area contributed by atoms with E-state index in [1.807, 2.05) is 0 Å². The Bertz CT molecular complexity index is 773. The predicted octanol–water partition coefficient (Wildman–Crippen LogP) is 6.38. The van der Waals surface area contributed by atoms with E-state index >= 15 is 0 Å². The fourth-order valence-electron chi connectivity index (χ4n) is 7.10. The van der Waals surface area contributed by atoms with E-state index in [2.05, 4.69) is 34.6 Å². The fourth-order valence-corrected chi connectivity index (χ4v) is 7.10. The van der Waals surface area contributed by atoms with Gasteiger partial charge in [-0.15, -0.1) is 0 Å². The minimum Gasteiger partial charge on any atom is -0.427 e. The number of allylic oxidation sites excluding steroid dienone is 3. The first-order chi connectivity index (χ1) is 13.7. The van der Waals surface area contributed by atoms with Crippen molar-refractivity contribution in [3.05, 3.63) is 23.0 Å². The number of carbonyl (C=O) groups is 2. The zero-order valence-corrected chi connectivity index (χ0v) is 19.0. The van der Waals surface area contributed by atoms with Crippen LogP contribution in [0.15, 0.2) is 23.0 Å². The molecule has 0 radical (unpaired) electrons. The Morgan fingerprint density at radius 1 is 1.07 bits per heavy atom. The van der Waals surface area contributed by atoms with Gasteiger partial charge in [-0.25, -0.2) is 4.79 Å². The van der Waals surface area contributed by atoms with Gasteiger partial charge in [-0.1, -0.05) is 53.9 Å². The summed E-state index contributed by atoms with van der Waals surface area (Å²) in [5.74, 6) is 3.38. The number of ether oxygens (including phenoxy) is 1. The third kappa shape index (κ3) is 3.33. The largest absolute Gasteiger partial charge is 0.427 e. The third-order valence-corrected chi connectivity index (χ3v) is 8.92. The molecule has 3 nitrogen and oxygen atoms in total. The van der Waals surface area contributed by atoms with Crippen LogP contribution < -0.4 is 0 Å². The monoisotopic (exact) mass is 398 g/mol. The second-order valence-electron chi connectivity index (χ2n) is 11.1. The molecule has 4 aliphatic rings. The van der Waals surface area contributed by atoms with Gasteiger partial charge in [0.1, 0.15) is 5.76 Å². The molecule has 29 heavy (non-hydrogen) atoms. The number of hydrogen-bond acceptors (Lipinski definition) is 3. The van der Waals surface area contributed by atoms with Gasteiger partial charge >= 0.3 is 5.97 Å². The maximum absolute atomic E-state index is 12.9. The number of ketones is 1. The van der Waals surface area contributed by atoms with Crippen LogP contribution in [0.1, 0.15) is 92.4 Å². The number of carbonyl (C=O) groups excluding carboxylic acids is 2. The molecule has 0 aromatic rings. The lowest BCUT2D eigenvalue weighted by Gasteiger charge is -2.50. The molecule has 0 unspecified atom stereocenters. The molecule has 1 saturated carbocycles. The van der Waals surface area contributed by atoms with Gasteiger partial charge in [0.25, 0.3) is 0 Å². The van der Waals surface area contributed by atoms with E-state index in [1.165, 1.54) is 37.7 Å². The molecule has 0 aromatic heterocycles. The van der Waals surface area contributed by atoms with Gasteiger partial charge in [0.15, 0.2) is 5.78 Å². The molecule has 0 saturated heterocycles. The highest BCUT2D eigenvalue weighted by Crippen LogP contribution is 2.64. The van der Waals surface area contributed by atoms with Crippen molar-refractivity contribution in [3.63, 3.8) is 0 Å².